The SMILES string of the molecule is NC1CCCN(C(=O)NCCC(=O)O)C1. The Balaban J connectivity index is 2.24. The zero-order chi connectivity index (χ0) is 11.3. The average molecular weight is 215 g/mol. The normalized spacial score (nSPS) is 21.1. The topological polar surface area (TPSA) is 95.7 Å². The first-order valence-electron chi connectivity index (χ1n) is 5.09. The second-order valence-electron chi connectivity index (χ2n) is 3.72. The molecule has 0 radical (unpaired) electrons. The van der Waals surface area contributed by atoms with Gasteiger partial charge in [-0.25, -0.2) is 4.79 Å². The van der Waals surface area contributed by atoms with E-state index in [1.807, 2.05) is 0 Å². The molecule has 1 atom stereocenters. The second kappa shape index (κ2) is 5.55. The Morgan fingerprint density at radius 2 is 2.27 bits per heavy atom. The number of rotatable bonds is 3. The van der Waals surface area contributed by atoms with E-state index in [0.717, 1.165) is 12.8 Å². The van der Waals surface area contributed by atoms with Crippen LogP contribution in [0.25, 0.3) is 0 Å². The molecule has 6 heteroatoms. The minimum Gasteiger partial charge on any atom is -0.481 e. The molecule has 0 aromatic heterocycles. The number of carboxylic acid groups (broad SMARTS) is 1. The lowest BCUT2D eigenvalue weighted by molar-refractivity contribution is -0.136. The molecule has 0 saturated carbocycles. The minimum absolute atomic E-state index is 0.0453. The van der Waals surface area contributed by atoms with Crippen LogP contribution < -0.4 is 11.1 Å². The van der Waals surface area contributed by atoms with Crippen molar-refractivity contribution in [1.29, 1.82) is 0 Å². The van der Waals surface area contributed by atoms with Gasteiger partial charge in [-0.2, -0.15) is 0 Å². The van der Waals surface area contributed by atoms with Gasteiger partial charge in [0.2, 0.25) is 0 Å². The number of likely N-dealkylation sites (tertiary alicyclic amines) is 1. The van der Waals surface area contributed by atoms with Gasteiger partial charge >= 0.3 is 12.0 Å². The number of nitrogens with zero attached hydrogens (tertiary/aromatic N) is 1. The van der Waals surface area contributed by atoms with Crippen molar-refractivity contribution >= 4 is 12.0 Å². The quantitative estimate of drug-likeness (QED) is 0.596. The Morgan fingerprint density at radius 3 is 2.87 bits per heavy atom. The summed E-state index contributed by atoms with van der Waals surface area (Å²) in [6.45, 7) is 1.42. The number of carbonyl (C=O) groups is 2. The first-order valence-corrected chi connectivity index (χ1v) is 5.09. The maximum absolute atomic E-state index is 11.5. The molecular formula is C9H17N3O3. The Bertz CT molecular complexity index is 245. The summed E-state index contributed by atoms with van der Waals surface area (Å²) >= 11 is 0. The van der Waals surface area contributed by atoms with Crippen molar-refractivity contribution < 1.29 is 14.7 Å². The van der Waals surface area contributed by atoms with Crippen molar-refractivity contribution in [2.45, 2.75) is 25.3 Å². The molecule has 1 aliphatic rings. The van der Waals surface area contributed by atoms with Crippen molar-refractivity contribution in [3.05, 3.63) is 0 Å². The van der Waals surface area contributed by atoms with Crippen LogP contribution in [0.3, 0.4) is 0 Å². The lowest BCUT2D eigenvalue weighted by Crippen LogP contribution is -2.49. The molecule has 0 spiro atoms. The van der Waals surface area contributed by atoms with E-state index >= 15 is 0 Å². The van der Waals surface area contributed by atoms with Crippen LogP contribution in [-0.2, 0) is 4.79 Å². The molecular weight excluding hydrogens is 198 g/mol. The Hall–Kier alpha value is -1.30. The maximum atomic E-state index is 11.5. The molecule has 15 heavy (non-hydrogen) atoms. The van der Waals surface area contributed by atoms with E-state index in [-0.39, 0.29) is 25.0 Å². The van der Waals surface area contributed by atoms with Crippen LogP contribution in [0.5, 0.6) is 0 Å². The fraction of sp³-hybridized carbons (Fsp3) is 0.778. The Morgan fingerprint density at radius 1 is 1.53 bits per heavy atom. The van der Waals surface area contributed by atoms with Gasteiger partial charge in [-0.05, 0) is 12.8 Å². The third-order valence-corrected chi connectivity index (χ3v) is 2.36. The number of aliphatic carboxylic acids is 1. The molecule has 6 nitrogen and oxygen atoms in total. The largest absolute Gasteiger partial charge is 0.481 e. The predicted octanol–water partition coefficient (Wildman–Crippen LogP) is -0.406. The summed E-state index contributed by atoms with van der Waals surface area (Å²) in [5.41, 5.74) is 5.72. The van der Waals surface area contributed by atoms with Gasteiger partial charge in [-0.15, -0.1) is 0 Å². The number of hydrogen-bond acceptors (Lipinski definition) is 3. The van der Waals surface area contributed by atoms with Gasteiger partial charge in [-0.1, -0.05) is 0 Å². The molecule has 2 amide bonds. The number of carboxylic acids is 1. The van der Waals surface area contributed by atoms with E-state index in [0.29, 0.717) is 13.1 Å². The van der Waals surface area contributed by atoms with Gasteiger partial charge in [0, 0.05) is 25.7 Å². The highest BCUT2D eigenvalue weighted by Gasteiger charge is 2.20. The standard InChI is InChI=1S/C9H17N3O3/c10-7-2-1-5-12(6-7)9(15)11-4-3-8(13)14/h7H,1-6,10H2,(H,11,15)(H,13,14). The fourth-order valence-electron chi connectivity index (χ4n) is 1.58. The molecule has 0 aromatic carbocycles. The van der Waals surface area contributed by atoms with Crippen LogP contribution >= 0.6 is 0 Å². The van der Waals surface area contributed by atoms with E-state index in [9.17, 15) is 9.59 Å². The maximum Gasteiger partial charge on any atom is 0.317 e. The molecule has 86 valence electrons. The number of urea groups is 1. The van der Waals surface area contributed by atoms with E-state index in [4.69, 9.17) is 10.8 Å². The molecule has 0 aromatic rings. The van der Waals surface area contributed by atoms with E-state index in [1.165, 1.54) is 0 Å². The van der Waals surface area contributed by atoms with Gasteiger partial charge < -0.3 is 21.1 Å². The number of nitrogens with one attached hydrogen (secondary N) is 1. The molecule has 1 aliphatic heterocycles. The van der Waals surface area contributed by atoms with Crippen LogP contribution in [0.2, 0.25) is 0 Å². The van der Waals surface area contributed by atoms with Crippen LogP contribution in [-0.4, -0.2) is 47.7 Å². The van der Waals surface area contributed by atoms with E-state index in [1.54, 1.807) is 4.90 Å². The highest BCUT2D eigenvalue weighted by atomic mass is 16.4. The number of amides is 2. The van der Waals surface area contributed by atoms with Gasteiger partial charge in [0.25, 0.3) is 0 Å². The highest BCUT2D eigenvalue weighted by Crippen LogP contribution is 2.07. The van der Waals surface area contributed by atoms with E-state index < -0.39 is 5.97 Å². The van der Waals surface area contributed by atoms with Crippen LogP contribution in [0.15, 0.2) is 0 Å². The Kier molecular flexibility index (Phi) is 4.36. The fourth-order valence-corrected chi connectivity index (χ4v) is 1.58. The first-order chi connectivity index (χ1) is 7.09. The summed E-state index contributed by atoms with van der Waals surface area (Å²) in [6.07, 6.45) is 1.80. The molecule has 1 saturated heterocycles. The van der Waals surface area contributed by atoms with Gasteiger partial charge in [-0.3, -0.25) is 4.79 Å². The van der Waals surface area contributed by atoms with Gasteiger partial charge in [0.05, 0.1) is 6.42 Å². The number of carbonyl (C=O) groups excluding carboxylic acids is 1. The van der Waals surface area contributed by atoms with E-state index in [2.05, 4.69) is 5.32 Å². The summed E-state index contributed by atoms with van der Waals surface area (Å²) in [6, 6.07) is -0.171. The number of hydrogen-bond donors (Lipinski definition) is 3. The second-order valence-corrected chi connectivity index (χ2v) is 3.72. The molecule has 1 heterocycles. The van der Waals surface area contributed by atoms with Crippen molar-refractivity contribution in [2.24, 2.45) is 5.73 Å². The minimum atomic E-state index is -0.911. The lowest BCUT2D eigenvalue weighted by atomic mass is 10.1. The molecule has 4 N–H and O–H groups in total. The third kappa shape index (κ3) is 4.16. The molecule has 1 fully saturated rings. The molecule has 0 bridgehead atoms. The zero-order valence-electron chi connectivity index (χ0n) is 8.61. The molecule has 1 rings (SSSR count). The van der Waals surface area contributed by atoms with Gasteiger partial charge in [0.15, 0.2) is 0 Å². The summed E-state index contributed by atoms with van der Waals surface area (Å²) in [5, 5.41) is 10.9. The third-order valence-electron chi connectivity index (χ3n) is 2.36. The summed E-state index contributed by atoms with van der Waals surface area (Å²) in [4.78, 5) is 23.4. The van der Waals surface area contributed by atoms with Crippen molar-refractivity contribution in [2.75, 3.05) is 19.6 Å². The average Bonchev–Trinajstić information content (AvgIpc) is 2.17. The lowest BCUT2D eigenvalue weighted by Gasteiger charge is -2.30. The zero-order valence-corrected chi connectivity index (χ0v) is 8.61. The molecule has 1 unspecified atom stereocenters. The first kappa shape index (κ1) is 11.8. The van der Waals surface area contributed by atoms with Crippen molar-refractivity contribution in [1.82, 2.24) is 10.2 Å². The summed E-state index contributed by atoms with van der Waals surface area (Å²) < 4.78 is 0. The Labute approximate surface area is 88.4 Å². The van der Waals surface area contributed by atoms with Crippen LogP contribution in [0.4, 0.5) is 4.79 Å². The summed E-state index contributed by atoms with van der Waals surface area (Å²) in [5.74, 6) is -0.911. The predicted molar refractivity (Wildman–Crippen MR) is 54.4 cm³/mol. The number of piperidine rings is 1. The monoisotopic (exact) mass is 215 g/mol. The van der Waals surface area contributed by atoms with Gasteiger partial charge in [0.1, 0.15) is 0 Å². The number of nitrogens with two attached hydrogens (primary N) is 1. The molecule has 0 aliphatic carbocycles. The van der Waals surface area contributed by atoms with Crippen LogP contribution in [0.1, 0.15) is 19.3 Å². The smallest absolute Gasteiger partial charge is 0.317 e. The van der Waals surface area contributed by atoms with Crippen molar-refractivity contribution in [3.63, 3.8) is 0 Å². The summed E-state index contributed by atoms with van der Waals surface area (Å²) in [7, 11) is 0. The van der Waals surface area contributed by atoms with Crippen LogP contribution in [0, 0.1) is 0 Å². The highest BCUT2D eigenvalue weighted by molar-refractivity contribution is 5.75. The van der Waals surface area contributed by atoms with Crippen molar-refractivity contribution in [3.8, 4) is 0 Å².